The number of benzene rings is 7. The molecular formula is C46H30N4. The first-order chi connectivity index (χ1) is 24.8. The summed E-state index contributed by atoms with van der Waals surface area (Å²) in [6.07, 6.45) is 2.16. The van der Waals surface area contributed by atoms with Crippen LogP contribution >= 0.6 is 0 Å². The number of aromatic nitrogens is 4. The molecule has 10 rings (SSSR count). The zero-order chi connectivity index (χ0) is 33.0. The summed E-state index contributed by atoms with van der Waals surface area (Å²) in [5, 5.41) is 4.70. The number of hydrogen-bond acceptors (Lipinski definition) is 2. The fourth-order valence-corrected chi connectivity index (χ4v) is 7.42. The summed E-state index contributed by atoms with van der Waals surface area (Å²) in [6, 6.07) is 62.1. The van der Waals surface area contributed by atoms with Crippen LogP contribution in [0.15, 0.2) is 182 Å². The van der Waals surface area contributed by atoms with Gasteiger partial charge in [-0.3, -0.25) is 0 Å². The average Bonchev–Trinajstić information content (AvgIpc) is 3.76. The minimum absolute atomic E-state index is 0.708. The molecule has 0 saturated heterocycles. The quantitative estimate of drug-likeness (QED) is 0.188. The van der Waals surface area contributed by atoms with Crippen molar-refractivity contribution in [2.24, 2.45) is 0 Å². The largest absolute Gasteiger partial charge is 0.317 e. The third-order valence-corrected chi connectivity index (χ3v) is 9.77. The number of para-hydroxylation sites is 3. The predicted molar refractivity (Wildman–Crippen MR) is 207 cm³/mol. The zero-order valence-corrected chi connectivity index (χ0v) is 27.1. The molecule has 10 aromatic rings. The van der Waals surface area contributed by atoms with Crippen molar-refractivity contribution in [3.63, 3.8) is 0 Å². The van der Waals surface area contributed by atoms with Crippen LogP contribution in [-0.4, -0.2) is 19.1 Å². The molecule has 0 fully saturated rings. The first kappa shape index (κ1) is 28.3. The summed E-state index contributed by atoms with van der Waals surface area (Å²) in [6.45, 7) is 0. The molecule has 0 N–H and O–H groups in total. The molecule has 0 amide bonds. The molecule has 0 atom stereocenters. The monoisotopic (exact) mass is 638 g/mol. The van der Waals surface area contributed by atoms with E-state index in [9.17, 15) is 0 Å². The lowest BCUT2D eigenvalue weighted by atomic mass is 9.95. The maximum absolute atomic E-state index is 5.26. The lowest BCUT2D eigenvalue weighted by Gasteiger charge is -2.14. The molecule has 3 heterocycles. The zero-order valence-electron chi connectivity index (χ0n) is 27.1. The van der Waals surface area contributed by atoms with E-state index in [4.69, 9.17) is 9.97 Å². The Morgan fingerprint density at radius 3 is 1.90 bits per heavy atom. The van der Waals surface area contributed by atoms with Crippen molar-refractivity contribution in [2.45, 2.75) is 0 Å². The molecule has 0 bridgehead atoms. The van der Waals surface area contributed by atoms with Gasteiger partial charge in [-0.15, -0.1) is 0 Å². The van der Waals surface area contributed by atoms with Crippen LogP contribution in [0.5, 0.6) is 0 Å². The molecule has 7 aromatic carbocycles. The standard InChI is InChI=1S/C46H30N4/c1-3-13-31(14-4-1)36-17-7-8-19-38(36)45-39-20-9-11-21-41(39)47-46(48-45)32-23-25-35(26-24-32)50-42-22-12-10-18-37(42)40-30-43-33(29-44(40)50)27-28-49(43)34-15-5-2-6-16-34/h1-30H. The Morgan fingerprint density at radius 2 is 1.08 bits per heavy atom. The predicted octanol–water partition coefficient (Wildman–Crippen LogP) is 11.7. The van der Waals surface area contributed by atoms with Crippen LogP contribution < -0.4 is 0 Å². The SMILES string of the molecule is c1ccc(-c2ccccc2-c2nc(-c3ccc(-n4c5ccccc5c5cc6c(ccn6-c6ccccc6)cc54)cc3)nc3ccccc23)cc1. The highest BCUT2D eigenvalue weighted by atomic mass is 15.0. The van der Waals surface area contributed by atoms with Crippen LogP contribution in [0, 0.1) is 0 Å². The molecule has 0 aliphatic heterocycles. The van der Waals surface area contributed by atoms with Crippen molar-refractivity contribution < 1.29 is 0 Å². The maximum Gasteiger partial charge on any atom is 0.160 e. The summed E-state index contributed by atoms with van der Waals surface area (Å²) in [5.41, 5.74) is 12.0. The molecule has 0 spiro atoms. The van der Waals surface area contributed by atoms with Gasteiger partial charge in [-0.25, -0.2) is 9.97 Å². The fraction of sp³-hybridized carbons (Fsp3) is 0. The summed E-state index contributed by atoms with van der Waals surface area (Å²) in [7, 11) is 0. The average molecular weight is 639 g/mol. The Bertz CT molecular complexity index is 2850. The first-order valence-electron chi connectivity index (χ1n) is 16.9. The van der Waals surface area contributed by atoms with E-state index < -0.39 is 0 Å². The Kier molecular flexibility index (Phi) is 6.46. The van der Waals surface area contributed by atoms with Gasteiger partial charge in [0.25, 0.3) is 0 Å². The van der Waals surface area contributed by atoms with Crippen molar-refractivity contribution in [1.82, 2.24) is 19.1 Å². The van der Waals surface area contributed by atoms with Crippen LogP contribution in [0.3, 0.4) is 0 Å². The Labute approximate surface area is 289 Å². The topological polar surface area (TPSA) is 35.6 Å². The van der Waals surface area contributed by atoms with Gasteiger partial charge in [0.1, 0.15) is 0 Å². The second kappa shape index (κ2) is 11.4. The number of nitrogens with zero attached hydrogens (tertiary/aromatic N) is 4. The molecule has 0 saturated carbocycles. The van der Waals surface area contributed by atoms with E-state index in [2.05, 4.69) is 185 Å². The third kappa shape index (κ3) is 4.54. The van der Waals surface area contributed by atoms with Crippen LogP contribution in [0.4, 0.5) is 0 Å². The molecule has 0 aliphatic rings. The highest BCUT2D eigenvalue weighted by Gasteiger charge is 2.17. The van der Waals surface area contributed by atoms with Gasteiger partial charge in [-0.1, -0.05) is 109 Å². The van der Waals surface area contributed by atoms with E-state index in [1.54, 1.807) is 0 Å². The van der Waals surface area contributed by atoms with Crippen molar-refractivity contribution in [1.29, 1.82) is 0 Å². The van der Waals surface area contributed by atoms with Crippen molar-refractivity contribution in [3.05, 3.63) is 182 Å². The smallest absolute Gasteiger partial charge is 0.160 e. The summed E-state index contributed by atoms with van der Waals surface area (Å²) < 4.78 is 4.64. The van der Waals surface area contributed by atoms with Gasteiger partial charge in [0.2, 0.25) is 0 Å². The van der Waals surface area contributed by atoms with Gasteiger partial charge in [0, 0.05) is 50.2 Å². The van der Waals surface area contributed by atoms with Gasteiger partial charge in [-0.2, -0.15) is 0 Å². The summed E-state index contributed by atoms with van der Waals surface area (Å²) in [5.74, 6) is 0.708. The van der Waals surface area contributed by atoms with E-state index in [0.29, 0.717) is 5.82 Å². The molecule has 4 nitrogen and oxygen atoms in total. The maximum atomic E-state index is 5.26. The van der Waals surface area contributed by atoms with Crippen molar-refractivity contribution in [3.8, 4) is 45.1 Å². The van der Waals surface area contributed by atoms with E-state index in [1.165, 1.54) is 32.7 Å². The molecule has 4 heteroatoms. The van der Waals surface area contributed by atoms with E-state index in [0.717, 1.165) is 50.2 Å². The second-order valence-corrected chi connectivity index (χ2v) is 12.7. The normalized spacial score (nSPS) is 11.6. The van der Waals surface area contributed by atoms with Crippen LogP contribution in [-0.2, 0) is 0 Å². The highest BCUT2D eigenvalue weighted by Crippen LogP contribution is 2.38. The minimum atomic E-state index is 0.708. The van der Waals surface area contributed by atoms with Crippen molar-refractivity contribution >= 4 is 43.6 Å². The molecule has 3 aromatic heterocycles. The van der Waals surface area contributed by atoms with Crippen LogP contribution in [0.2, 0.25) is 0 Å². The van der Waals surface area contributed by atoms with Gasteiger partial charge in [0.05, 0.1) is 27.8 Å². The Hall–Kier alpha value is -6.78. The highest BCUT2D eigenvalue weighted by molar-refractivity contribution is 6.13. The van der Waals surface area contributed by atoms with Gasteiger partial charge < -0.3 is 9.13 Å². The number of hydrogen-bond donors (Lipinski definition) is 0. The first-order valence-corrected chi connectivity index (χ1v) is 16.9. The number of fused-ring (bicyclic) bond motifs is 5. The van der Waals surface area contributed by atoms with Crippen molar-refractivity contribution in [2.75, 3.05) is 0 Å². The Balaban J connectivity index is 1.11. The molecule has 50 heavy (non-hydrogen) atoms. The van der Waals surface area contributed by atoms with Gasteiger partial charge in [-0.05, 0) is 77.9 Å². The third-order valence-electron chi connectivity index (χ3n) is 9.77. The fourth-order valence-electron chi connectivity index (χ4n) is 7.42. The molecule has 234 valence electrons. The molecule has 0 aliphatic carbocycles. The van der Waals surface area contributed by atoms with Crippen LogP contribution in [0.1, 0.15) is 0 Å². The molecule has 0 radical (unpaired) electrons. The molecule has 0 unspecified atom stereocenters. The van der Waals surface area contributed by atoms with E-state index in [-0.39, 0.29) is 0 Å². The molecular weight excluding hydrogens is 609 g/mol. The number of rotatable bonds is 5. The van der Waals surface area contributed by atoms with Crippen LogP contribution in [0.25, 0.3) is 88.8 Å². The Morgan fingerprint density at radius 1 is 0.400 bits per heavy atom. The lowest BCUT2D eigenvalue weighted by Crippen LogP contribution is -1.98. The second-order valence-electron chi connectivity index (χ2n) is 12.7. The van der Waals surface area contributed by atoms with E-state index in [1.807, 2.05) is 6.07 Å². The minimum Gasteiger partial charge on any atom is -0.317 e. The summed E-state index contributed by atoms with van der Waals surface area (Å²) >= 11 is 0. The van der Waals surface area contributed by atoms with Gasteiger partial charge >= 0.3 is 0 Å². The lowest BCUT2D eigenvalue weighted by molar-refractivity contribution is 1.13. The van der Waals surface area contributed by atoms with E-state index >= 15 is 0 Å². The summed E-state index contributed by atoms with van der Waals surface area (Å²) in [4.78, 5) is 10.3. The van der Waals surface area contributed by atoms with Gasteiger partial charge in [0.15, 0.2) is 5.82 Å².